The molecule has 0 spiro atoms. The van der Waals surface area contributed by atoms with E-state index in [1.54, 1.807) is 7.11 Å². The Labute approximate surface area is 121 Å². The van der Waals surface area contributed by atoms with Crippen molar-refractivity contribution >= 4 is 0 Å². The SMILES string of the molecule is CCc1ccc(CC(O)Cc2cccc(OC)c2)cc1. The molecule has 0 amide bonds. The van der Waals surface area contributed by atoms with Gasteiger partial charge in [0.05, 0.1) is 13.2 Å². The van der Waals surface area contributed by atoms with Gasteiger partial charge in [-0.15, -0.1) is 0 Å². The summed E-state index contributed by atoms with van der Waals surface area (Å²) in [4.78, 5) is 0. The number of hydrogen-bond acceptors (Lipinski definition) is 2. The minimum atomic E-state index is -0.366. The van der Waals surface area contributed by atoms with Gasteiger partial charge in [-0.3, -0.25) is 0 Å². The average molecular weight is 270 g/mol. The van der Waals surface area contributed by atoms with E-state index >= 15 is 0 Å². The monoisotopic (exact) mass is 270 g/mol. The molecule has 2 aromatic carbocycles. The van der Waals surface area contributed by atoms with Crippen LogP contribution in [-0.4, -0.2) is 18.3 Å². The molecule has 0 fully saturated rings. The molecule has 2 nitrogen and oxygen atoms in total. The predicted molar refractivity (Wildman–Crippen MR) is 82.2 cm³/mol. The summed E-state index contributed by atoms with van der Waals surface area (Å²) in [5, 5.41) is 10.2. The molecule has 1 atom stereocenters. The van der Waals surface area contributed by atoms with E-state index in [0.717, 1.165) is 17.7 Å². The van der Waals surface area contributed by atoms with Crippen LogP contribution >= 0.6 is 0 Å². The summed E-state index contributed by atoms with van der Waals surface area (Å²) in [5.41, 5.74) is 3.61. The quantitative estimate of drug-likeness (QED) is 0.871. The van der Waals surface area contributed by atoms with Crippen LogP contribution in [0.25, 0.3) is 0 Å². The Balaban J connectivity index is 1.95. The molecule has 1 N–H and O–H groups in total. The minimum Gasteiger partial charge on any atom is -0.497 e. The fourth-order valence-electron chi connectivity index (χ4n) is 2.33. The molecule has 0 heterocycles. The molecule has 2 heteroatoms. The van der Waals surface area contributed by atoms with E-state index in [0.29, 0.717) is 12.8 Å². The summed E-state index contributed by atoms with van der Waals surface area (Å²) in [6, 6.07) is 16.3. The Morgan fingerprint density at radius 3 is 2.25 bits per heavy atom. The highest BCUT2D eigenvalue weighted by Gasteiger charge is 2.07. The third kappa shape index (κ3) is 4.10. The molecule has 20 heavy (non-hydrogen) atoms. The van der Waals surface area contributed by atoms with E-state index in [4.69, 9.17) is 4.74 Å². The second kappa shape index (κ2) is 7.11. The highest BCUT2D eigenvalue weighted by atomic mass is 16.5. The van der Waals surface area contributed by atoms with Crippen LogP contribution in [0.3, 0.4) is 0 Å². The summed E-state index contributed by atoms with van der Waals surface area (Å²) in [5.74, 6) is 0.835. The fourth-order valence-corrected chi connectivity index (χ4v) is 2.33. The third-order valence-electron chi connectivity index (χ3n) is 3.51. The Morgan fingerprint density at radius 2 is 1.60 bits per heavy atom. The predicted octanol–water partition coefficient (Wildman–Crippen LogP) is 3.40. The Kier molecular flexibility index (Phi) is 5.19. The molecule has 0 bridgehead atoms. The molecule has 106 valence electrons. The second-order valence-electron chi connectivity index (χ2n) is 5.08. The maximum atomic E-state index is 10.2. The molecule has 0 aromatic heterocycles. The lowest BCUT2D eigenvalue weighted by Gasteiger charge is -2.12. The van der Waals surface area contributed by atoms with Gasteiger partial charge >= 0.3 is 0 Å². The number of methoxy groups -OCH3 is 1. The second-order valence-corrected chi connectivity index (χ2v) is 5.08. The Bertz CT molecular complexity index is 531. The maximum Gasteiger partial charge on any atom is 0.119 e. The summed E-state index contributed by atoms with van der Waals surface area (Å²) in [7, 11) is 1.66. The molecule has 0 radical (unpaired) electrons. The lowest BCUT2D eigenvalue weighted by Crippen LogP contribution is -2.14. The number of benzene rings is 2. The van der Waals surface area contributed by atoms with Crippen molar-refractivity contribution in [1.82, 2.24) is 0 Å². The van der Waals surface area contributed by atoms with Crippen molar-refractivity contribution in [2.75, 3.05) is 7.11 Å². The van der Waals surface area contributed by atoms with Gasteiger partial charge in [0.25, 0.3) is 0 Å². The van der Waals surface area contributed by atoms with Crippen LogP contribution in [0.5, 0.6) is 5.75 Å². The van der Waals surface area contributed by atoms with Gasteiger partial charge in [-0.25, -0.2) is 0 Å². The lowest BCUT2D eigenvalue weighted by atomic mass is 10.00. The Hall–Kier alpha value is -1.80. The molecule has 2 aromatic rings. The number of hydrogen-bond donors (Lipinski definition) is 1. The van der Waals surface area contributed by atoms with Gasteiger partial charge < -0.3 is 9.84 Å². The topological polar surface area (TPSA) is 29.5 Å². The number of ether oxygens (including phenoxy) is 1. The first-order valence-electron chi connectivity index (χ1n) is 7.10. The van der Waals surface area contributed by atoms with Gasteiger partial charge in [0, 0.05) is 0 Å². The largest absolute Gasteiger partial charge is 0.497 e. The van der Waals surface area contributed by atoms with Crippen molar-refractivity contribution in [3.8, 4) is 5.75 Å². The molecule has 0 aliphatic carbocycles. The highest BCUT2D eigenvalue weighted by Crippen LogP contribution is 2.16. The molecule has 0 aliphatic rings. The van der Waals surface area contributed by atoms with E-state index < -0.39 is 0 Å². The first-order chi connectivity index (χ1) is 9.71. The van der Waals surface area contributed by atoms with E-state index in [1.807, 2.05) is 24.3 Å². The van der Waals surface area contributed by atoms with Crippen LogP contribution in [0, 0.1) is 0 Å². The van der Waals surface area contributed by atoms with E-state index in [2.05, 4.69) is 31.2 Å². The summed E-state index contributed by atoms with van der Waals surface area (Å²) < 4.78 is 5.20. The van der Waals surface area contributed by atoms with E-state index in [9.17, 15) is 5.11 Å². The van der Waals surface area contributed by atoms with Gasteiger partial charge in [-0.1, -0.05) is 43.3 Å². The maximum absolute atomic E-state index is 10.2. The van der Waals surface area contributed by atoms with Gasteiger partial charge in [-0.05, 0) is 48.1 Å². The van der Waals surface area contributed by atoms with Gasteiger partial charge in [-0.2, -0.15) is 0 Å². The third-order valence-corrected chi connectivity index (χ3v) is 3.51. The van der Waals surface area contributed by atoms with Crippen molar-refractivity contribution in [1.29, 1.82) is 0 Å². The van der Waals surface area contributed by atoms with Gasteiger partial charge in [0.1, 0.15) is 5.75 Å². The van der Waals surface area contributed by atoms with Crippen molar-refractivity contribution in [2.24, 2.45) is 0 Å². The van der Waals surface area contributed by atoms with E-state index in [1.165, 1.54) is 11.1 Å². The summed E-state index contributed by atoms with van der Waals surface area (Å²) in [6.07, 6.45) is 2.01. The number of aliphatic hydroxyl groups excluding tert-OH is 1. The zero-order valence-corrected chi connectivity index (χ0v) is 12.2. The first kappa shape index (κ1) is 14.6. The molecule has 0 saturated heterocycles. The Morgan fingerprint density at radius 1 is 0.950 bits per heavy atom. The van der Waals surface area contributed by atoms with Crippen LogP contribution in [0.15, 0.2) is 48.5 Å². The van der Waals surface area contributed by atoms with Crippen molar-refractivity contribution in [3.63, 3.8) is 0 Å². The number of rotatable bonds is 6. The average Bonchev–Trinajstić information content (AvgIpc) is 2.48. The van der Waals surface area contributed by atoms with Crippen LogP contribution in [0.1, 0.15) is 23.6 Å². The van der Waals surface area contributed by atoms with Crippen molar-refractivity contribution in [3.05, 3.63) is 65.2 Å². The smallest absolute Gasteiger partial charge is 0.119 e. The molecular weight excluding hydrogens is 248 g/mol. The highest BCUT2D eigenvalue weighted by molar-refractivity contribution is 5.29. The summed E-state index contributed by atoms with van der Waals surface area (Å²) >= 11 is 0. The van der Waals surface area contributed by atoms with Gasteiger partial charge in [0.15, 0.2) is 0 Å². The zero-order chi connectivity index (χ0) is 14.4. The van der Waals surface area contributed by atoms with Gasteiger partial charge in [0.2, 0.25) is 0 Å². The summed E-state index contributed by atoms with van der Waals surface area (Å²) in [6.45, 7) is 2.15. The van der Waals surface area contributed by atoms with Crippen LogP contribution < -0.4 is 4.74 Å². The number of aryl methyl sites for hydroxylation is 1. The first-order valence-corrected chi connectivity index (χ1v) is 7.10. The van der Waals surface area contributed by atoms with Crippen LogP contribution in [0.2, 0.25) is 0 Å². The normalized spacial score (nSPS) is 12.2. The molecule has 2 rings (SSSR count). The minimum absolute atomic E-state index is 0.366. The van der Waals surface area contributed by atoms with Crippen molar-refractivity contribution in [2.45, 2.75) is 32.3 Å². The van der Waals surface area contributed by atoms with Crippen LogP contribution in [0.4, 0.5) is 0 Å². The van der Waals surface area contributed by atoms with E-state index in [-0.39, 0.29) is 6.10 Å². The van der Waals surface area contributed by atoms with Crippen molar-refractivity contribution < 1.29 is 9.84 Å². The lowest BCUT2D eigenvalue weighted by molar-refractivity contribution is 0.175. The standard InChI is InChI=1S/C18H22O2/c1-3-14-7-9-15(10-8-14)11-17(19)12-16-5-4-6-18(13-16)20-2/h4-10,13,17,19H,3,11-12H2,1-2H3. The fraction of sp³-hybridized carbons (Fsp3) is 0.333. The molecule has 0 saturated carbocycles. The molecule has 1 unspecified atom stereocenters. The zero-order valence-electron chi connectivity index (χ0n) is 12.2. The van der Waals surface area contributed by atoms with Crippen LogP contribution in [-0.2, 0) is 19.3 Å². The number of aliphatic hydroxyl groups is 1. The molecular formula is C18H22O2. The molecule has 0 aliphatic heterocycles.